The Morgan fingerprint density at radius 2 is 1.73 bits per heavy atom. The maximum atomic E-state index is 12.6. The summed E-state index contributed by atoms with van der Waals surface area (Å²) in [6, 6.07) is 16.5. The number of rotatable bonds is 6. The van der Waals surface area contributed by atoms with Crippen LogP contribution in [-0.4, -0.2) is 20.8 Å². The summed E-state index contributed by atoms with van der Waals surface area (Å²) >= 11 is 4.26. The molecule has 0 aliphatic rings. The molecule has 9 nitrogen and oxygen atoms in total. The van der Waals surface area contributed by atoms with E-state index >= 15 is 0 Å². The molecule has 0 bridgehead atoms. The highest BCUT2D eigenvalue weighted by atomic mass is 127. The second-order valence-electron chi connectivity index (χ2n) is 6.86. The van der Waals surface area contributed by atoms with E-state index in [2.05, 4.69) is 55.3 Å². The number of aromatic amines is 1. The van der Waals surface area contributed by atoms with Gasteiger partial charge < -0.3 is 9.72 Å². The molecule has 4 rings (SSSR count). The molecule has 4 aromatic rings. The van der Waals surface area contributed by atoms with Crippen molar-refractivity contribution in [2.45, 2.75) is 6.61 Å². The molecule has 0 aliphatic heterocycles. The van der Waals surface area contributed by atoms with Crippen LogP contribution in [-0.2, 0) is 6.61 Å². The minimum absolute atomic E-state index is 0.0240. The van der Waals surface area contributed by atoms with E-state index in [1.54, 1.807) is 36.4 Å². The summed E-state index contributed by atoms with van der Waals surface area (Å²) in [5, 5.41) is 15.2. The fraction of sp³-hybridized carbons (Fsp3) is 0.0455. The van der Waals surface area contributed by atoms with Crippen molar-refractivity contribution in [1.82, 2.24) is 9.66 Å². The van der Waals surface area contributed by atoms with Gasteiger partial charge in [0.05, 0.1) is 29.2 Å². The molecule has 1 aromatic heterocycles. The number of nitro groups is 1. The predicted molar refractivity (Wildman–Crippen MR) is 141 cm³/mol. The number of hydrogen-bond acceptors (Lipinski definition) is 6. The van der Waals surface area contributed by atoms with Gasteiger partial charge in [0.25, 0.3) is 11.2 Å². The van der Waals surface area contributed by atoms with Crippen LogP contribution in [0.2, 0.25) is 0 Å². The van der Waals surface area contributed by atoms with Gasteiger partial charge in [0.15, 0.2) is 0 Å². The SMILES string of the molecule is O=c1[nH]c2ccccc2c(=O)n1N=Cc1cc(I)c(OCc2ccc([N+](=O)[O-])cc2)c(I)c1. The molecule has 3 aromatic carbocycles. The Kier molecular flexibility index (Phi) is 6.88. The Morgan fingerprint density at radius 3 is 2.39 bits per heavy atom. The zero-order valence-corrected chi connectivity index (χ0v) is 21.0. The van der Waals surface area contributed by atoms with E-state index in [1.807, 2.05) is 12.1 Å². The number of halogens is 2. The molecule has 166 valence electrons. The molecule has 0 fully saturated rings. The maximum absolute atomic E-state index is 12.6. The number of ether oxygens (including phenoxy) is 1. The number of aromatic nitrogens is 2. The standard InChI is InChI=1S/C22H14I2N4O5/c23-17-9-14(11-25-27-21(29)16-3-1-2-4-19(16)26-22(27)30)10-18(24)20(17)33-12-13-5-7-15(8-6-13)28(31)32/h1-11H,12H2,(H,26,30). The third-order valence-corrected chi connectivity index (χ3v) is 6.26. The summed E-state index contributed by atoms with van der Waals surface area (Å²) in [4.78, 5) is 37.9. The molecule has 0 saturated carbocycles. The number of non-ortho nitro benzene ring substituents is 1. The van der Waals surface area contributed by atoms with Crippen LogP contribution in [0.3, 0.4) is 0 Å². The molecule has 0 unspecified atom stereocenters. The van der Waals surface area contributed by atoms with E-state index in [4.69, 9.17) is 4.74 Å². The highest BCUT2D eigenvalue weighted by Gasteiger charge is 2.11. The van der Waals surface area contributed by atoms with Gasteiger partial charge in [-0.05, 0) is 92.7 Å². The lowest BCUT2D eigenvalue weighted by atomic mass is 10.2. The first-order valence-electron chi connectivity index (χ1n) is 9.47. The molecule has 0 saturated heterocycles. The third-order valence-electron chi connectivity index (χ3n) is 4.66. The van der Waals surface area contributed by atoms with Crippen molar-refractivity contribution in [2.24, 2.45) is 5.10 Å². The normalized spacial score (nSPS) is 11.2. The van der Waals surface area contributed by atoms with Crippen molar-refractivity contribution >= 4 is 68.0 Å². The summed E-state index contributed by atoms with van der Waals surface area (Å²) in [5.41, 5.74) is 0.840. The molecular formula is C22H14I2N4O5. The van der Waals surface area contributed by atoms with Crippen LogP contribution < -0.4 is 16.0 Å². The number of benzene rings is 3. The predicted octanol–water partition coefficient (Wildman–Crippen LogP) is 4.27. The summed E-state index contributed by atoms with van der Waals surface area (Å²) < 4.78 is 8.33. The molecule has 0 aliphatic carbocycles. The summed E-state index contributed by atoms with van der Waals surface area (Å²) in [6.07, 6.45) is 1.44. The monoisotopic (exact) mass is 668 g/mol. The van der Waals surface area contributed by atoms with Gasteiger partial charge in [-0.25, -0.2) is 4.79 Å². The number of para-hydroxylation sites is 1. The van der Waals surface area contributed by atoms with E-state index in [0.29, 0.717) is 22.2 Å². The summed E-state index contributed by atoms with van der Waals surface area (Å²) in [6.45, 7) is 0.249. The van der Waals surface area contributed by atoms with Gasteiger partial charge >= 0.3 is 5.69 Å². The summed E-state index contributed by atoms with van der Waals surface area (Å²) in [7, 11) is 0. The van der Waals surface area contributed by atoms with Crippen LogP contribution >= 0.6 is 45.2 Å². The van der Waals surface area contributed by atoms with E-state index in [0.717, 1.165) is 17.4 Å². The maximum Gasteiger partial charge on any atom is 0.349 e. The highest BCUT2D eigenvalue weighted by molar-refractivity contribution is 14.1. The zero-order valence-electron chi connectivity index (χ0n) is 16.7. The average molecular weight is 668 g/mol. The fourth-order valence-corrected chi connectivity index (χ4v) is 5.17. The zero-order chi connectivity index (χ0) is 23.5. The van der Waals surface area contributed by atoms with E-state index in [9.17, 15) is 19.7 Å². The number of nitro benzene ring substituents is 1. The Labute approximate surface area is 213 Å². The fourth-order valence-electron chi connectivity index (χ4n) is 3.04. The Hall–Kier alpha value is -3.07. The van der Waals surface area contributed by atoms with E-state index in [1.165, 1.54) is 18.3 Å². The van der Waals surface area contributed by atoms with Crippen LogP contribution in [0.15, 0.2) is 75.4 Å². The molecule has 0 spiro atoms. The molecule has 0 amide bonds. The van der Waals surface area contributed by atoms with Gasteiger partial charge in [-0.15, -0.1) is 4.68 Å². The molecule has 1 heterocycles. The van der Waals surface area contributed by atoms with Gasteiger partial charge in [0.1, 0.15) is 12.4 Å². The number of nitrogens with zero attached hydrogens (tertiary/aromatic N) is 3. The van der Waals surface area contributed by atoms with Gasteiger partial charge in [-0.1, -0.05) is 12.1 Å². The first kappa shape index (κ1) is 23.1. The van der Waals surface area contributed by atoms with Gasteiger partial charge in [0.2, 0.25) is 0 Å². The molecule has 11 heteroatoms. The molecule has 1 N–H and O–H groups in total. The van der Waals surface area contributed by atoms with Crippen LogP contribution in [0.5, 0.6) is 5.75 Å². The second kappa shape index (κ2) is 9.82. The lowest BCUT2D eigenvalue weighted by Gasteiger charge is -2.11. The first-order chi connectivity index (χ1) is 15.8. The van der Waals surface area contributed by atoms with Gasteiger partial charge in [0, 0.05) is 12.1 Å². The van der Waals surface area contributed by atoms with Gasteiger partial charge in [-0.2, -0.15) is 5.10 Å². The number of hydrogen-bond donors (Lipinski definition) is 1. The van der Waals surface area contributed by atoms with Crippen molar-refractivity contribution in [3.05, 3.63) is 110 Å². The summed E-state index contributed by atoms with van der Waals surface area (Å²) in [5.74, 6) is 0.660. The van der Waals surface area contributed by atoms with Crippen molar-refractivity contribution < 1.29 is 9.66 Å². The molecular weight excluding hydrogens is 654 g/mol. The Bertz CT molecular complexity index is 1490. The minimum Gasteiger partial charge on any atom is -0.487 e. The van der Waals surface area contributed by atoms with Crippen LogP contribution in [0.4, 0.5) is 5.69 Å². The molecule has 33 heavy (non-hydrogen) atoms. The Balaban J connectivity index is 1.56. The highest BCUT2D eigenvalue weighted by Crippen LogP contribution is 2.29. The number of H-pyrrole nitrogens is 1. The Morgan fingerprint density at radius 1 is 1.06 bits per heavy atom. The van der Waals surface area contributed by atoms with Crippen LogP contribution in [0, 0.1) is 17.3 Å². The van der Waals surface area contributed by atoms with E-state index < -0.39 is 16.2 Å². The third kappa shape index (κ3) is 5.13. The van der Waals surface area contributed by atoms with Crippen molar-refractivity contribution in [3.8, 4) is 5.75 Å². The minimum atomic E-state index is -0.623. The molecule has 0 atom stereocenters. The number of nitrogens with one attached hydrogen (secondary N) is 1. The molecule has 0 radical (unpaired) electrons. The van der Waals surface area contributed by atoms with Crippen LogP contribution in [0.1, 0.15) is 11.1 Å². The first-order valence-corrected chi connectivity index (χ1v) is 11.6. The largest absolute Gasteiger partial charge is 0.487 e. The smallest absolute Gasteiger partial charge is 0.349 e. The lowest BCUT2D eigenvalue weighted by molar-refractivity contribution is -0.384. The topological polar surface area (TPSA) is 120 Å². The lowest BCUT2D eigenvalue weighted by Crippen LogP contribution is -2.32. The average Bonchev–Trinajstić information content (AvgIpc) is 2.78. The van der Waals surface area contributed by atoms with Crippen molar-refractivity contribution in [2.75, 3.05) is 0 Å². The van der Waals surface area contributed by atoms with E-state index in [-0.39, 0.29) is 12.3 Å². The quantitative estimate of drug-likeness (QED) is 0.143. The van der Waals surface area contributed by atoms with Crippen molar-refractivity contribution in [3.63, 3.8) is 0 Å². The van der Waals surface area contributed by atoms with Crippen molar-refractivity contribution in [1.29, 1.82) is 0 Å². The number of fused-ring (bicyclic) bond motifs is 1. The van der Waals surface area contributed by atoms with Gasteiger partial charge in [-0.3, -0.25) is 14.9 Å². The van der Waals surface area contributed by atoms with Crippen LogP contribution in [0.25, 0.3) is 10.9 Å². The second-order valence-corrected chi connectivity index (χ2v) is 9.19.